The molecule has 0 aliphatic carbocycles. The van der Waals surface area contributed by atoms with E-state index in [0.29, 0.717) is 18.7 Å². The van der Waals surface area contributed by atoms with Gasteiger partial charge in [-0.25, -0.2) is 13.6 Å². The van der Waals surface area contributed by atoms with E-state index in [1.54, 1.807) is 4.90 Å². The second kappa shape index (κ2) is 6.50. The van der Waals surface area contributed by atoms with Crippen molar-refractivity contribution in [2.24, 2.45) is 7.05 Å². The Labute approximate surface area is 141 Å². The molecule has 1 aliphatic heterocycles. The molecule has 0 saturated carbocycles. The van der Waals surface area contributed by atoms with E-state index >= 15 is 0 Å². The number of carbonyl (C=O) groups excluding carboxylic acids is 1. The molecule has 0 spiro atoms. The maximum Gasteiger partial charge on any atom is 0.329 e. The molecule has 0 unspecified atom stereocenters. The normalized spacial score (nSPS) is 14.9. The number of rotatable bonds is 3. The highest BCUT2D eigenvalue weighted by Crippen LogP contribution is 2.15. The molecule has 9 heteroatoms. The first-order valence-corrected chi connectivity index (χ1v) is 7.62. The molecule has 1 saturated heterocycles. The van der Waals surface area contributed by atoms with Gasteiger partial charge in [0.25, 0.3) is 5.56 Å². The van der Waals surface area contributed by atoms with Gasteiger partial charge in [0.2, 0.25) is 5.91 Å². The molecule has 3 rings (SSSR count). The molecule has 1 amide bonds. The number of hydrogen-bond acceptors (Lipinski definition) is 4. The fourth-order valence-corrected chi connectivity index (χ4v) is 2.65. The Balaban J connectivity index is 1.72. The standard InChI is InChI=1S/C16H16F2N4O3/c1-20-14(23)7-13(19-16(20)25)21-4-5-22(15(24)9-21)8-10-2-3-11(17)12(18)6-10/h2-3,6-7H,4-5,8-9H2,1H3,(H,19,25). The third-order valence-corrected chi connectivity index (χ3v) is 4.15. The molecule has 1 aromatic carbocycles. The maximum absolute atomic E-state index is 13.3. The molecular weight excluding hydrogens is 334 g/mol. The van der Waals surface area contributed by atoms with Crippen molar-refractivity contribution in [3.05, 3.63) is 62.3 Å². The lowest BCUT2D eigenvalue weighted by molar-refractivity contribution is -0.131. The van der Waals surface area contributed by atoms with Crippen molar-refractivity contribution in [2.75, 3.05) is 24.5 Å². The van der Waals surface area contributed by atoms with Crippen molar-refractivity contribution in [2.45, 2.75) is 6.54 Å². The van der Waals surface area contributed by atoms with Crippen LogP contribution in [0.1, 0.15) is 5.56 Å². The van der Waals surface area contributed by atoms with Gasteiger partial charge in [0.15, 0.2) is 11.6 Å². The zero-order chi connectivity index (χ0) is 18.1. The highest BCUT2D eigenvalue weighted by Gasteiger charge is 2.25. The Morgan fingerprint density at radius 3 is 2.48 bits per heavy atom. The van der Waals surface area contributed by atoms with Crippen LogP contribution in [0.2, 0.25) is 0 Å². The number of aromatic nitrogens is 2. The van der Waals surface area contributed by atoms with Crippen LogP contribution in [0, 0.1) is 11.6 Å². The molecule has 2 aromatic rings. The van der Waals surface area contributed by atoms with Gasteiger partial charge < -0.3 is 9.80 Å². The highest BCUT2D eigenvalue weighted by molar-refractivity contribution is 5.82. The number of nitrogens with one attached hydrogen (secondary N) is 1. The fraction of sp³-hybridized carbons (Fsp3) is 0.312. The van der Waals surface area contributed by atoms with Crippen LogP contribution >= 0.6 is 0 Å². The summed E-state index contributed by atoms with van der Waals surface area (Å²) >= 11 is 0. The zero-order valence-corrected chi connectivity index (χ0v) is 13.5. The van der Waals surface area contributed by atoms with E-state index in [9.17, 15) is 23.2 Å². The monoisotopic (exact) mass is 350 g/mol. The maximum atomic E-state index is 13.3. The van der Waals surface area contributed by atoms with Gasteiger partial charge in [0, 0.05) is 32.7 Å². The van der Waals surface area contributed by atoms with Crippen LogP contribution < -0.4 is 16.1 Å². The predicted molar refractivity (Wildman–Crippen MR) is 86.3 cm³/mol. The molecule has 2 heterocycles. The van der Waals surface area contributed by atoms with Gasteiger partial charge >= 0.3 is 5.69 Å². The summed E-state index contributed by atoms with van der Waals surface area (Å²) in [6, 6.07) is 4.78. The molecule has 1 aromatic heterocycles. The van der Waals surface area contributed by atoms with Gasteiger partial charge in [0.05, 0.1) is 6.54 Å². The summed E-state index contributed by atoms with van der Waals surface area (Å²) in [6.07, 6.45) is 0. The Morgan fingerprint density at radius 1 is 1.08 bits per heavy atom. The summed E-state index contributed by atoms with van der Waals surface area (Å²) in [5.74, 6) is -1.85. The first-order chi connectivity index (χ1) is 11.8. The van der Waals surface area contributed by atoms with Gasteiger partial charge in [0.1, 0.15) is 5.82 Å². The van der Waals surface area contributed by atoms with Gasteiger partial charge in [-0.15, -0.1) is 0 Å². The lowest BCUT2D eigenvalue weighted by atomic mass is 10.2. The summed E-state index contributed by atoms with van der Waals surface area (Å²) < 4.78 is 27.2. The summed E-state index contributed by atoms with van der Waals surface area (Å²) in [7, 11) is 1.36. The molecule has 25 heavy (non-hydrogen) atoms. The molecular formula is C16H16F2N4O3. The molecule has 7 nitrogen and oxygen atoms in total. The smallest absolute Gasteiger partial charge is 0.329 e. The summed E-state index contributed by atoms with van der Waals surface area (Å²) in [4.78, 5) is 41.4. The minimum atomic E-state index is -0.957. The van der Waals surface area contributed by atoms with Crippen molar-refractivity contribution in [1.82, 2.24) is 14.5 Å². The van der Waals surface area contributed by atoms with Gasteiger partial charge in [-0.3, -0.25) is 19.1 Å². The van der Waals surface area contributed by atoms with Gasteiger partial charge in [-0.05, 0) is 17.7 Å². The number of nitrogens with zero attached hydrogens (tertiary/aromatic N) is 3. The number of piperazine rings is 1. The number of anilines is 1. The molecule has 1 N–H and O–H groups in total. The largest absolute Gasteiger partial charge is 0.347 e. The number of carbonyl (C=O) groups is 1. The van der Waals surface area contributed by atoms with Crippen molar-refractivity contribution >= 4 is 11.7 Å². The van der Waals surface area contributed by atoms with E-state index < -0.39 is 22.9 Å². The van der Waals surface area contributed by atoms with Crippen LogP contribution in [0.25, 0.3) is 0 Å². The van der Waals surface area contributed by atoms with Crippen molar-refractivity contribution in [3.8, 4) is 0 Å². The lowest BCUT2D eigenvalue weighted by Crippen LogP contribution is -2.51. The quantitative estimate of drug-likeness (QED) is 0.858. The number of halogens is 2. The van der Waals surface area contributed by atoms with Crippen molar-refractivity contribution in [3.63, 3.8) is 0 Å². The van der Waals surface area contributed by atoms with Crippen LogP contribution in [0.4, 0.5) is 14.6 Å². The van der Waals surface area contributed by atoms with E-state index in [-0.39, 0.29) is 24.8 Å². The fourth-order valence-electron chi connectivity index (χ4n) is 2.65. The van der Waals surface area contributed by atoms with E-state index in [0.717, 1.165) is 16.7 Å². The molecule has 0 bridgehead atoms. The highest BCUT2D eigenvalue weighted by atomic mass is 19.2. The molecule has 0 atom stereocenters. The second-order valence-electron chi connectivity index (χ2n) is 5.84. The van der Waals surface area contributed by atoms with E-state index in [1.165, 1.54) is 24.1 Å². The number of benzene rings is 1. The Kier molecular flexibility index (Phi) is 4.39. The topological polar surface area (TPSA) is 78.4 Å². The second-order valence-corrected chi connectivity index (χ2v) is 5.84. The number of hydrogen-bond donors (Lipinski definition) is 1. The average molecular weight is 350 g/mol. The molecule has 0 radical (unpaired) electrons. The van der Waals surface area contributed by atoms with Crippen molar-refractivity contribution < 1.29 is 13.6 Å². The van der Waals surface area contributed by atoms with E-state index in [4.69, 9.17) is 0 Å². The van der Waals surface area contributed by atoms with E-state index in [2.05, 4.69) is 4.98 Å². The van der Waals surface area contributed by atoms with Crippen LogP contribution in [0.15, 0.2) is 33.9 Å². The molecule has 132 valence electrons. The third-order valence-electron chi connectivity index (χ3n) is 4.15. The van der Waals surface area contributed by atoms with Crippen LogP contribution in [-0.2, 0) is 18.4 Å². The Morgan fingerprint density at radius 2 is 1.84 bits per heavy atom. The van der Waals surface area contributed by atoms with E-state index in [1.807, 2.05) is 0 Å². The summed E-state index contributed by atoms with van der Waals surface area (Å²) in [5, 5.41) is 0. The number of H-pyrrole nitrogens is 1. The summed E-state index contributed by atoms with van der Waals surface area (Å²) in [6.45, 7) is 0.872. The minimum absolute atomic E-state index is 0.0210. The lowest BCUT2D eigenvalue weighted by Gasteiger charge is -2.35. The first-order valence-electron chi connectivity index (χ1n) is 7.62. The Bertz CT molecular complexity index is 906. The van der Waals surface area contributed by atoms with Crippen molar-refractivity contribution in [1.29, 1.82) is 0 Å². The zero-order valence-electron chi connectivity index (χ0n) is 13.5. The minimum Gasteiger partial charge on any atom is -0.347 e. The van der Waals surface area contributed by atoms with Crippen LogP contribution in [-0.4, -0.2) is 40.0 Å². The SMILES string of the molecule is Cn1c(=O)cc(N2CCN(Cc3ccc(F)c(F)c3)C(=O)C2)[nH]c1=O. The predicted octanol–water partition coefficient (Wildman–Crippen LogP) is 0.201. The average Bonchev–Trinajstić information content (AvgIpc) is 2.57. The van der Waals surface area contributed by atoms with Gasteiger partial charge in [-0.2, -0.15) is 0 Å². The van der Waals surface area contributed by atoms with Gasteiger partial charge in [-0.1, -0.05) is 6.07 Å². The van der Waals surface area contributed by atoms with Crippen LogP contribution in [0.5, 0.6) is 0 Å². The Hall–Kier alpha value is -2.97. The van der Waals surface area contributed by atoms with Crippen LogP contribution in [0.3, 0.4) is 0 Å². The third kappa shape index (κ3) is 3.44. The summed E-state index contributed by atoms with van der Waals surface area (Å²) in [5.41, 5.74) is -0.530. The number of amides is 1. The number of aromatic amines is 1. The molecule has 1 aliphatic rings. The first kappa shape index (κ1) is 16.9. The molecule has 1 fully saturated rings.